The molecule has 0 atom stereocenters. The SMILES string of the molecule is C/C=C\C(=C/C)c1ccc(-c2c3ccccc3c(-c3ccc(-c4cnccc4C)cc3)c3ccccc23)cc1. The maximum atomic E-state index is 4.35. The highest BCUT2D eigenvalue weighted by atomic mass is 14.6. The minimum atomic E-state index is 1.17. The minimum Gasteiger partial charge on any atom is -0.264 e. The van der Waals surface area contributed by atoms with Gasteiger partial charge in [0.05, 0.1) is 0 Å². The second kappa shape index (κ2) is 10.6. The molecule has 0 N–H and O–H groups in total. The van der Waals surface area contributed by atoms with E-state index >= 15 is 0 Å². The van der Waals surface area contributed by atoms with Crippen LogP contribution in [0.4, 0.5) is 0 Å². The van der Waals surface area contributed by atoms with Crippen molar-refractivity contribution in [1.82, 2.24) is 4.98 Å². The Morgan fingerprint density at radius 2 is 1.08 bits per heavy atom. The van der Waals surface area contributed by atoms with Crippen LogP contribution >= 0.6 is 0 Å². The van der Waals surface area contributed by atoms with E-state index in [0.29, 0.717) is 0 Å². The van der Waals surface area contributed by atoms with Crippen LogP contribution in [0.5, 0.6) is 0 Å². The standard InChI is InChI=1S/C38H31N/c1-4-10-27(5-2)28-15-19-30(20-16-28)37-32-11-6-8-13-34(32)38(35-14-9-7-12-33(35)37)31-21-17-29(18-22-31)36-25-39-24-23-26(36)3/h4-25H,1-3H3/b10-4-,27-5+. The van der Waals surface area contributed by atoms with Crippen molar-refractivity contribution in [2.75, 3.05) is 0 Å². The number of benzene rings is 5. The van der Waals surface area contributed by atoms with Crippen molar-refractivity contribution in [3.8, 4) is 33.4 Å². The molecule has 0 amide bonds. The maximum absolute atomic E-state index is 4.35. The molecule has 0 saturated carbocycles. The summed E-state index contributed by atoms with van der Waals surface area (Å²) in [6, 6.07) is 37.7. The van der Waals surface area contributed by atoms with E-state index in [4.69, 9.17) is 0 Å². The van der Waals surface area contributed by atoms with Gasteiger partial charge in [0.1, 0.15) is 0 Å². The van der Waals surface area contributed by atoms with Crippen molar-refractivity contribution in [3.05, 3.63) is 145 Å². The third-order valence-corrected chi connectivity index (χ3v) is 7.62. The summed E-state index contributed by atoms with van der Waals surface area (Å²) in [7, 11) is 0. The Morgan fingerprint density at radius 1 is 0.590 bits per heavy atom. The Kier molecular flexibility index (Phi) is 6.65. The van der Waals surface area contributed by atoms with Crippen LogP contribution < -0.4 is 0 Å². The quantitative estimate of drug-likeness (QED) is 0.169. The monoisotopic (exact) mass is 501 g/mol. The summed E-state index contributed by atoms with van der Waals surface area (Å²) < 4.78 is 0. The normalized spacial score (nSPS) is 12.0. The zero-order chi connectivity index (χ0) is 26.8. The van der Waals surface area contributed by atoms with Crippen molar-refractivity contribution in [3.63, 3.8) is 0 Å². The Labute approximate surface area is 230 Å². The molecule has 1 nitrogen and oxygen atoms in total. The first-order valence-corrected chi connectivity index (χ1v) is 13.5. The number of nitrogens with zero attached hydrogens (tertiary/aromatic N) is 1. The highest BCUT2D eigenvalue weighted by Gasteiger charge is 2.16. The Bertz CT molecular complexity index is 1800. The fraction of sp³-hybridized carbons (Fsp3) is 0.0789. The van der Waals surface area contributed by atoms with Crippen LogP contribution in [0.2, 0.25) is 0 Å². The van der Waals surface area contributed by atoms with Crippen LogP contribution in [0.3, 0.4) is 0 Å². The number of rotatable bonds is 5. The van der Waals surface area contributed by atoms with Crippen molar-refractivity contribution < 1.29 is 0 Å². The molecule has 6 rings (SSSR count). The van der Waals surface area contributed by atoms with Gasteiger partial charge < -0.3 is 0 Å². The van der Waals surface area contributed by atoms with Gasteiger partial charge in [0.2, 0.25) is 0 Å². The number of allylic oxidation sites excluding steroid dienone is 4. The molecule has 0 saturated heterocycles. The van der Waals surface area contributed by atoms with Gasteiger partial charge in [-0.2, -0.15) is 0 Å². The third kappa shape index (κ3) is 4.47. The molecule has 0 radical (unpaired) electrons. The molecule has 0 aliphatic heterocycles. The molecule has 0 spiro atoms. The Morgan fingerprint density at radius 3 is 1.54 bits per heavy atom. The summed E-state index contributed by atoms with van der Waals surface area (Å²) in [6.07, 6.45) is 10.2. The lowest BCUT2D eigenvalue weighted by molar-refractivity contribution is 1.29. The average Bonchev–Trinajstić information content (AvgIpc) is 2.99. The van der Waals surface area contributed by atoms with Crippen molar-refractivity contribution >= 4 is 27.1 Å². The molecular weight excluding hydrogens is 470 g/mol. The number of fused-ring (bicyclic) bond motifs is 2. The minimum absolute atomic E-state index is 1.17. The predicted octanol–water partition coefficient (Wildman–Crippen LogP) is 10.7. The summed E-state index contributed by atoms with van der Waals surface area (Å²) >= 11 is 0. The molecule has 0 aliphatic rings. The van der Waals surface area contributed by atoms with E-state index in [9.17, 15) is 0 Å². The molecule has 5 aromatic carbocycles. The summed E-state index contributed by atoms with van der Waals surface area (Å²) in [5, 5.41) is 5.07. The lowest BCUT2D eigenvalue weighted by Crippen LogP contribution is -1.91. The smallest absolute Gasteiger partial charge is 0.0349 e. The van der Waals surface area contributed by atoms with E-state index < -0.39 is 0 Å². The van der Waals surface area contributed by atoms with E-state index in [1.165, 1.54) is 71.6 Å². The fourth-order valence-corrected chi connectivity index (χ4v) is 5.70. The fourth-order valence-electron chi connectivity index (χ4n) is 5.70. The first-order valence-electron chi connectivity index (χ1n) is 13.5. The number of hydrogen-bond acceptors (Lipinski definition) is 1. The maximum Gasteiger partial charge on any atom is 0.0349 e. The van der Waals surface area contributed by atoms with Gasteiger partial charge in [0, 0.05) is 18.0 Å². The molecular formula is C38H31N. The molecule has 0 fully saturated rings. The molecule has 39 heavy (non-hydrogen) atoms. The zero-order valence-electron chi connectivity index (χ0n) is 22.6. The predicted molar refractivity (Wildman–Crippen MR) is 169 cm³/mol. The van der Waals surface area contributed by atoms with Gasteiger partial charge >= 0.3 is 0 Å². The van der Waals surface area contributed by atoms with Crippen LogP contribution in [-0.4, -0.2) is 4.98 Å². The van der Waals surface area contributed by atoms with Gasteiger partial charge in [-0.15, -0.1) is 0 Å². The molecule has 1 aromatic heterocycles. The van der Waals surface area contributed by atoms with E-state index in [0.717, 1.165) is 0 Å². The zero-order valence-corrected chi connectivity index (χ0v) is 22.6. The van der Waals surface area contributed by atoms with E-state index in [2.05, 4.69) is 147 Å². The number of aryl methyl sites for hydroxylation is 1. The molecule has 188 valence electrons. The number of pyridine rings is 1. The first-order chi connectivity index (χ1) is 19.2. The lowest BCUT2D eigenvalue weighted by Gasteiger charge is -2.18. The third-order valence-electron chi connectivity index (χ3n) is 7.62. The largest absolute Gasteiger partial charge is 0.264 e. The van der Waals surface area contributed by atoms with E-state index in [1.54, 1.807) is 0 Å². The van der Waals surface area contributed by atoms with Gasteiger partial charge in [-0.3, -0.25) is 4.98 Å². The Balaban J connectivity index is 1.55. The summed E-state index contributed by atoms with van der Waals surface area (Å²) in [5.41, 5.74) is 11.1. The molecule has 0 unspecified atom stereocenters. The van der Waals surface area contributed by atoms with Gasteiger partial charge in [0.15, 0.2) is 0 Å². The summed E-state index contributed by atoms with van der Waals surface area (Å²) in [6.45, 7) is 6.29. The van der Waals surface area contributed by atoms with E-state index in [1.807, 2.05) is 12.4 Å². The average molecular weight is 502 g/mol. The summed E-state index contributed by atoms with van der Waals surface area (Å²) in [5.74, 6) is 0. The topological polar surface area (TPSA) is 12.9 Å². The molecule has 0 aliphatic carbocycles. The molecule has 6 aromatic rings. The van der Waals surface area contributed by atoms with Crippen molar-refractivity contribution in [1.29, 1.82) is 0 Å². The molecule has 0 bridgehead atoms. The van der Waals surface area contributed by atoms with Crippen molar-refractivity contribution in [2.24, 2.45) is 0 Å². The highest BCUT2D eigenvalue weighted by molar-refractivity contribution is 6.21. The van der Waals surface area contributed by atoms with Crippen LogP contribution in [0.25, 0.3) is 60.5 Å². The van der Waals surface area contributed by atoms with Gasteiger partial charge in [0.25, 0.3) is 0 Å². The van der Waals surface area contributed by atoms with Gasteiger partial charge in [-0.05, 0) is 92.9 Å². The van der Waals surface area contributed by atoms with E-state index in [-0.39, 0.29) is 0 Å². The van der Waals surface area contributed by atoms with Gasteiger partial charge in [-0.25, -0.2) is 0 Å². The molecule has 1 heterocycles. The first kappa shape index (κ1) is 24.6. The summed E-state index contributed by atoms with van der Waals surface area (Å²) in [4.78, 5) is 4.35. The van der Waals surface area contributed by atoms with Crippen molar-refractivity contribution in [2.45, 2.75) is 20.8 Å². The molecule has 1 heteroatoms. The van der Waals surface area contributed by atoms with Crippen LogP contribution in [0, 0.1) is 6.92 Å². The van der Waals surface area contributed by atoms with Crippen LogP contribution in [0.15, 0.2) is 134 Å². The van der Waals surface area contributed by atoms with Gasteiger partial charge in [-0.1, -0.05) is 115 Å². The Hall–Kier alpha value is -4.75. The lowest BCUT2D eigenvalue weighted by atomic mass is 9.85. The van der Waals surface area contributed by atoms with Crippen LogP contribution in [0.1, 0.15) is 25.0 Å². The number of aromatic nitrogens is 1. The second-order valence-electron chi connectivity index (χ2n) is 9.93. The second-order valence-corrected chi connectivity index (χ2v) is 9.93. The van der Waals surface area contributed by atoms with Crippen LogP contribution in [-0.2, 0) is 0 Å². The highest BCUT2D eigenvalue weighted by Crippen LogP contribution is 2.44. The number of hydrogen-bond donors (Lipinski definition) is 0.